The lowest BCUT2D eigenvalue weighted by Gasteiger charge is -2.20. The summed E-state index contributed by atoms with van der Waals surface area (Å²) in [5, 5.41) is 4.73. The SMILES string of the molecule is Cc1nc2c(s1)CC(C(=O)Nc1ccc(Cl)cc1)CC2. The molecular weight excluding hydrogens is 292 g/mol. The molecule has 3 rings (SSSR count). The number of aromatic nitrogens is 1. The second-order valence-corrected chi connectivity index (χ2v) is 6.76. The number of aryl methyl sites for hydroxylation is 2. The lowest BCUT2D eigenvalue weighted by Crippen LogP contribution is -2.27. The average molecular weight is 307 g/mol. The molecule has 2 aromatic rings. The fourth-order valence-corrected chi connectivity index (χ4v) is 3.69. The zero-order chi connectivity index (χ0) is 14.1. The van der Waals surface area contributed by atoms with Crippen LogP contribution in [-0.4, -0.2) is 10.9 Å². The number of amides is 1. The van der Waals surface area contributed by atoms with Gasteiger partial charge >= 0.3 is 0 Å². The van der Waals surface area contributed by atoms with Gasteiger partial charge in [-0.05, 0) is 50.5 Å². The molecule has 5 heteroatoms. The van der Waals surface area contributed by atoms with Crippen LogP contribution in [0.4, 0.5) is 5.69 Å². The highest BCUT2D eigenvalue weighted by Gasteiger charge is 2.27. The molecule has 0 spiro atoms. The maximum atomic E-state index is 12.3. The summed E-state index contributed by atoms with van der Waals surface area (Å²) in [6.45, 7) is 2.02. The molecule has 0 saturated carbocycles. The number of rotatable bonds is 2. The van der Waals surface area contributed by atoms with Gasteiger partial charge in [-0.2, -0.15) is 0 Å². The normalized spacial score (nSPS) is 17.6. The highest BCUT2D eigenvalue weighted by molar-refractivity contribution is 7.11. The quantitative estimate of drug-likeness (QED) is 0.915. The molecule has 1 N–H and O–H groups in total. The van der Waals surface area contributed by atoms with E-state index in [1.807, 2.05) is 19.1 Å². The minimum atomic E-state index is 0.0398. The largest absolute Gasteiger partial charge is 0.326 e. The smallest absolute Gasteiger partial charge is 0.227 e. The standard InChI is InChI=1S/C15H15ClN2OS/c1-9-17-13-7-2-10(8-14(13)20-9)15(19)18-12-5-3-11(16)4-6-12/h3-6,10H,2,7-8H2,1H3,(H,18,19). The van der Waals surface area contributed by atoms with Crippen molar-refractivity contribution in [2.45, 2.75) is 26.2 Å². The molecule has 3 nitrogen and oxygen atoms in total. The Labute approximate surface area is 127 Å². The van der Waals surface area contributed by atoms with Gasteiger partial charge in [-0.1, -0.05) is 11.6 Å². The van der Waals surface area contributed by atoms with Crippen LogP contribution in [-0.2, 0) is 17.6 Å². The van der Waals surface area contributed by atoms with E-state index in [9.17, 15) is 4.79 Å². The number of hydrogen-bond acceptors (Lipinski definition) is 3. The van der Waals surface area contributed by atoms with Crippen LogP contribution in [0, 0.1) is 12.8 Å². The number of hydrogen-bond donors (Lipinski definition) is 1. The number of fused-ring (bicyclic) bond motifs is 1. The highest BCUT2D eigenvalue weighted by atomic mass is 35.5. The van der Waals surface area contributed by atoms with Crippen LogP contribution in [0.3, 0.4) is 0 Å². The summed E-state index contributed by atoms with van der Waals surface area (Å²) in [6, 6.07) is 7.21. The van der Waals surface area contributed by atoms with Crippen molar-refractivity contribution in [1.29, 1.82) is 0 Å². The third-order valence-electron chi connectivity index (χ3n) is 3.53. The second-order valence-electron chi connectivity index (χ2n) is 5.04. The first kappa shape index (κ1) is 13.6. The van der Waals surface area contributed by atoms with E-state index in [0.29, 0.717) is 5.02 Å². The molecule has 20 heavy (non-hydrogen) atoms. The fraction of sp³-hybridized carbons (Fsp3) is 0.333. The van der Waals surface area contributed by atoms with Crippen molar-refractivity contribution < 1.29 is 4.79 Å². The molecule has 1 aromatic heterocycles. The zero-order valence-electron chi connectivity index (χ0n) is 11.1. The summed E-state index contributed by atoms with van der Waals surface area (Å²) in [5.41, 5.74) is 1.98. The van der Waals surface area contributed by atoms with Gasteiger partial charge in [0.05, 0.1) is 10.7 Å². The van der Waals surface area contributed by atoms with Crippen molar-refractivity contribution in [3.63, 3.8) is 0 Å². The summed E-state index contributed by atoms with van der Waals surface area (Å²) in [7, 11) is 0. The van der Waals surface area contributed by atoms with Crippen LogP contribution in [0.25, 0.3) is 0 Å². The maximum absolute atomic E-state index is 12.3. The number of anilines is 1. The summed E-state index contributed by atoms with van der Waals surface area (Å²) >= 11 is 7.55. The van der Waals surface area contributed by atoms with Gasteiger partial charge in [0.25, 0.3) is 0 Å². The van der Waals surface area contributed by atoms with Gasteiger partial charge in [0.2, 0.25) is 5.91 Å². The van der Waals surface area contributed by atoms with E-state index in [1.165, 1.54) is 10.6 Å². The minimum Gasteiger partial charge on any atom is -0.326 e. The molecule has 1 amide bonds. The Balaban J connectivity index is 1.68. The van der Waals surface area contributed by atoms with Crippen LogP contribution in [0.1, 0.15) is 22.0 Å². The predicted octanol–water partition coefficient (Wildman–Crippen LogP) is 3.85. The Morgan fingerprint density at radius 3 is 2.90 bits per heavy atom. The molecular formula is C15H15ClN2OS. The maximum Gasteiger partial charge on any atom is 0.227 e. The molecule has 1 heterocycles. The van der Waals surface area contributed by atoms with E-state index in [1.54, 1.807) is 23.5 Å². The average Bonchev–Trinajstić information content (AvgIpc) is 2.80. The number of carbonyl (C=O) groups is 1. The van der Waals surface area contributed by atoms with E-state index < -0.39 is 0 Å². The molecule has 0 radical (unpaired) electrons. The molecule has 1 aliphatic carbocycles. The van der Waals surface area contributed by atoms with Crippen molar-refractivity contribution >= 4 is 34.5 Å². The van der Waals surface area contributed by atoms with E-state index in [0.717, 1.165) is 30.0 Å². The van der Waals surface area contributed by atoms with Crippen molar-refractivity contribution in [2.24, 2.45) is 5.92 Å². The van der Waals surface area contributed by atoms with Gasteiger partial charge in [-0.3, -0.25) is 4.79 Å². The highest BCUT2D eigenvalue weighted by Crippen LogP contribution is 2.30. The van der Waals surface area contributed by atoms with Crippen LogP contribution in [0.5, 0.6) is 0 Å². The molecule has 104 valence electrons. The van der Waals surface area contributed by atoms with Gasteiger partial charge in [-0.25, -0.2) is 4.98 Å². The Morgan fingerprint density at radius 1 is 1.40 bits per heavy atom. The van der Waals surface area contributed by atoms with Gasteiger partial charge in [0.15, 0.2) is 0 Å². The van der Waals surface area contributed by atoms with Gasteiger partial charge < -0.3 is 5.32 Å². The molecule has 1 atom stereocenters. The van der Waals surface area contributed by atoms with Crippen LogP contribution < -0.4 is 5.32 Å². The minimum absolute atomic E-state index is 0.0398. The Hall–Kier alpha value is -1.39. The number of nitrogens with one attached hydrogen (secondary N) is 1. The predicted molar refractivity (Wildman–Crippen MR) is 82.4 cm³/mol. The number of halogens is 1. The number of benzene rings is 1. The lowest BCUT2D eigenvalue weighted by molar-refractivity contribution is -0.120. The molecule has 1 aromatic carbocycles. The molecule has 0 saturated heterocycles. The molecule has 1 aliphatic rings. The topological polar surface area (TPSA) is 42.0 Å². The lowest BCUT2D eigenvalue weighted by atomic mass is 9.90. The van der Waals surface area contributed by atoms with E-state index in [2.05, 4.69) is 10.3 Å². The molecule has 0 aliphatic heterocycles. The van der Waals surface area contributed by atoms with Crippen molar-refractivity contribution in [1.82, 2.24) is 4.98 Å². The zero-order valence-corrected chi connectivity index (χ0v) is 12.7. The van der Waals surface area contributed by atoms with Gasteiger partial charge in [0.1, 0.15) is 0 Å². The van der Waals surface area contributed by atoms with Gasteiger partial charge in [0, 0.05) is 21.5 Å². The van der Waals surface area contributed by atoms with Crippen molar-refractivity contribution in [2.75, 3.05) is 5.32 Å². The van der Waals surface area contributed by atoms with Crippen LogP contribution in [0.15, 0.2) is 24.3 Å². The Morgan fingerprint density at radius 2 is 2.15 bits per heavy atom. The molecule has 0 fully saturated rings. The Bertz CT molecular complexity index is 636. The van der Waals surface area contributed by atoms with Crippen LogP contribution in [0.2, 0.25) is 5.02 Å². The molecule has 1 unspecified atom stereocenters. The Kier molecular flexibility index (Phi) is 3.76. The molecule has 0 bridgehead atoms. The third-order valence-corrected chi connectivity index (χ3v) is 4.82. The summed E-state index contributed by atoms with van der Waals surface area (Å²) in [6.07, 6.45) is 2.58. The summed E-state index contributed by atoms with van der Waals surface area (Å²) in [4.78, 5) is 18.1. The second kappa shape index (κ2) is 5.54. The monoisotopic (exact) mass is 306 g/mol. The third kappa shape index (κ3) is 2.86. The fourth-order valence-electron chi connectivity index (χ4n) is 2.51. The van der Waals surface area contributed by atoms with Crippen molar-refractivity contribution in [3.8, 4) is 0 Å². The first-order valence-corrected chi connectivity index (χ1v) is 7.83. The number of thiazole rings is 1. The van der Waals surface area contributed by atoms with E-state index in [-0.39, 0.29) is 11.8 Å². The first-order chi connectivity index (χ1) is 9.61. The summed E-state index contributed by atoms with van der Waals surface area (Å²) < 4.78 is 0. The van der Waals surface area contributed by atoms with E-state index >= 15 is 0 Å². The van der Waals surface area contributed by atoms with Gasteiger partial charge in [-0.15, -0.1) is 11.3 Å². The van der Waals surface area contributed by atoms with Crippen LogP contribution >= 0.6 is 22.9 Å². The number of nitrogens with zero attached hydrogens (tertiary/aromatic N) is 1. The number of carbonyl (C=O) groups excluding carboxylic acids is 1. The van der Waals surface area contributed by atoms with Crippen molar-refractivity contribution in [3.05, 3.63) is 44.9 Å². The summed E-state index contributed by atoms with van der Waals surface area (Å²) in [5.74, 6) is 0.127. The van der Waals surface area contributed by atoms with E-state index in [4.69, 9.17) is 11.6 Å². The first-order valence-electron chi connectivity index (χ1n) is 6.63.